The van der Waals surface area contributed by atoms with Gasteiger partial charge in [0.25, 0.3) is 0 Å². The molecule has 1 fully saturated rings. The van der Waals surface area contributed by atoms with Crippen molar-refractivity contribution in [1.29, 1.82) is 0 Å². The first-order valence-corrected chi connectivity index (χ1v) is 10.5. The number of hydrogen-bond acceptors (Lipinski definition) is 5. The van der Waals surface area contributed by atoms with Crippen LogP contribution in [0.5, 0.6) is 11.5 Å². The Morgan fingerprint density at radius 1 is 1.04 bits per heavy atom. The van der Waals surface area contributed by atoms with Gasteiger partial charge in [-0.25, -0.2) is 17.9 Å². The van der Waals surface area contributed by atoms with Crippen LogP contribution in [0.1, 0.15) is 53.1 Å². The van der Waals surface area contributed by atoms with Gasteiger partial charge in [0, 0.05) is 12.1 Å². The van der Waals surface area contributed by atoms with Gasteiger partial charge in [-0.3, -0.25) is 0 Å². The summed E-state index contributed by atoms with van der Waals surface area (Å²) in [5.41, 5.74) is 1.23. The van der Waals surface area contributed by atoms with E-state index >= 15 is 0 Å². The number of carbonyl (C=O) groups is 1. The Kier molecular flexibility index (Phi) is 5.62. The van der Waals surface area contributed by atoms with E-state index < -0.39 is 16.0 Å². The molecule has 0 saturated heterocycles. The molecular formula is C20H23NO6S. The van der Waals surface area contributed by atoms with E-state index in [1.165, 1.54) is 30.3 Å². The SMILES string of the molecule is Cc1cc(S(=O)(=O)NC2CCC(c3ccc(O)cc3O)CC2)ccc1C(=O)O. The molecule has 0 radical (unpaired) electrons. The minimum Gasteiger partial charge on any atom is -0.508 e. The van der Waals surface area contributed by atoms with Gasteiger partial charge in [0.15, 0.2) is 0 Å². The van der Waals surface area contributed by atoms with Gasteiger partial charge in [0.2, 0.25) is 10.0 Å². The number of aryl methyl sites for hydroxylation is 1. The van der Waals surface area contributed by atoms with Gasteiger partial charge >= 0.3 is 5.97 Å². The number of phenols is 2. The molecular weight excluding hydrogens is 382 g/mol. The van der Waals surface area contributed by atoms with Crippen molar-refractivity contribution in [2.24, 2.45) is 0 Å². The molecule has 1 saturated carbocycles. The zero-order chi connectivity index (χ0) is 20.5. The fraction of sp³-hybridized carbons (Fsp3) is 0.350. The first-order valence-electron chi connectivity index (χ1n) is 9.05. The van der Waals surface area contributed by atoms with Crippen LogP contribution in [0.2, 0.25) is 0 Å². The lowest BCUT2D eigenvalue weighted by Gasteiger charge is -2.29. The van der Waals surface area contributed by atoms with Crippen LogP contribution in [0.4, 0.5) is 0 Å². The lowest BCUT2D eigenvalue weighted by molar-refractivity contribution is 0.0696. The number of nitrogens with one attached hydrogen (secondary N) is 1. The third kappa shape index (κ3) is 4.28. The van der Waals surface area contributed by atoms with Crippen LogP contribution >= 0.6 is 0 Å². The Labute approximate surface area is 163 Å². The number of sulfonamides is 1. The summed E-state index contributed by atoms with van der Waals surface area (Å²) in [6, 6.07) is 8.30. The first kappa shape index (κ1) is 20.2. The Morgan fingerprint density at radius 2 is 1.71 bits per heavy atom. The van der Waals surface area contributed by atoms with Crippen molar-refractivity contribution in [3.63, 3.8) is 0 Å². The molecule has 8 heteroatoms. The third-order valence-corrected chi connectivity index (χ3v) is 6.76. The lowest BCUT2D eigenvalue weighted by atomic mass is 9.81. The van der Waals surface area contributed by atoms with E-state index in [4.69, 9.17) is 5.11 Å². The first-order chi connectivity index (χ1) is 13.2. The molecule has 0 bridgehead atoms. The minimum absolute atomic E-state index is 0.00639. The van der Waals surface area contributed by atoms with Crippen molar-refractivity contribution in [1.82, 2.24) is 4.72 Å². The fourth-order valence-electron chi connectivity index (χ4n) is 3.73. The predicted octanol–water partition coefficient (Wildman–Crippen LogP) is 3.11. The van der Waals surface area contributed by atoms with Gasteiger partial charge in [0.05, 0.1) is 10.5 Å². The molecule has 2 aromatic rings. The van der Waals surface area contributed by atoms with E-state index in [1.54, 1.807) is 13.0 Å². The number of carboxylic acids is 1. The number of carboxylic acid groups (broad SMARTS) is 1. The van der Waals surface area contributed by atoms with E-state index in [-0.39, 0.29) is 33.9 Å². The molecule has 1 aliphatic rings. The maximum Gasteiger partial charge on any atom is 0.335 e. The van der Waals surface area contributed by atoms with Gasteiger partial charge in [0.1, 0.15) is 11.5 Å². The van der Waals surface area contributed by atoms with Gasteiger partial charge in [-0.05, 0) is 73.9 Å². The number of phenolic OH excluding ortho intramolecular Hbond substituents is 2. The monoisotopic (exact) mass is 405 g/mol. The van der Waals surface area contributed by atoms with Crippen LogP contribution in [0.25, 0.3) is 0 Å². The standard InChI is InChI=1S/C20H23NO6S/c1-12-10-16(7-9-17(12)20(24)25)28(26,27)21-14-4-2-13(3-5-14)18-8-6-15(22)11-19(18)23/h6-11,13-14,21-23H,2-5H2,1H3,(H,24,25). The second-order valence-electron chi connectivity index (χ2n) is 7.19. The topological polar surface area (TPSA) is 124 Å². The maximum absolute atomic E-state index is 12.7. The van der Waals surface area contributed by atoms with Crippen molar-refractivity contribution >= 4 is 16.0 Å². The summed E-state index contributed by atoms with van der Waals surface area (Å²) in [6.07, 6.45) is 2.66. The second kappa shape index (κ2) is 7.81. The fourth-order valence-corrected chi connectivity index (χ4v) is 5.12. The molecule has 0 unspecified atom stereocenters. The Bertz CT molecular complexity index is 994. The molecule has 150 valence electrons. The highest BCUT2D eigenvalue weighted by Crippen LogP contribution is 2.38. The van der Waals surface area contributed by atoms with Crippen molar-refractivity contribution in [3.05, 3.63) is 53.1 Å². The van der Waals surface area contributed by atoms with E-state index in [1.807, 2.05) is 0 Å². The molecule has 28 heavy (non-hydrogen) atoms. The van der Waals surface area contributed by atoms with E-state index in [0.29, 0.717) is 31.2 Å². The summed E-state index contributed by atoms with van der Waals surface area (Å²) in [7, 11) is -3.75. The van der Waals surface area contributed by atoms with Crippen molar-refractivity contribution < 1.29 is 28.5 Å². The van der Waals surface area contributed by atoms with Gasteiger partial charge in [-0.15, -0.1) is 0 Å². The highest BCUT2D eigenvalue weighted by molar-refractivity contribution is 7.89. The molecule has 2 aromatic carbocycles. The summed E-state index contributed by atoms with van der Waals surface area (Å²) in [6.45, 7) is 1.57. The Hall–Kier alpha value is -2.58. The molecule has 7 nitrogen and oxygen atoms in total. The quantitative estimate of drug-likeness (QED) is 0.606. The molecule has 0 amide bonds. The molecule has 0 spiro atoms. The van der Waals surface area contributed by atoms with Gasteiger partial charge in [-0.2, -0.15) is 0 Å². The number of rotatable bonds is 5. The molecule has 0 heterocycles. The minimum atomic E-state index is -3.75. The third-order valence-electron chi connectivity index (χ3n) is 5.24. The second-order valence-corrected chi connectivity index (χ2v) is 8.91. The zero-order valence-corrected chi connectivity index (χ0v) is 16.2. The molecule has 3 rings (SSSR count). The largest absolute Gasteiger partial charge is 0.508 e. The summed E-state index contributed by atoms with van der Waals surface area (Å²) >= 11 is 0. The van der Waals surface area contributed by atoms with Crippen molar-refractivity contribution in [3.8, 4) is 11.5 Å². The maximum atomic E-state index is 12.7. The highest BCUT2D eigenvalue weighted by atomic mass is 32.2. The molecule has 0 aliphatic heterocycles. The van der Waals surface area contributed by atoms with E-state index in [2.05, 4.69) is 4.72 Å². The Balaban J connectivity index is 1.66. The zero-order valence-electron chi connectivity index (χ0n) is 15.4. The lowest BCUT2D eigenvalue weighted by Crippen LogP contribution is -2.37. The number of aromatic hydroxyl groups is 2. The highest BCUT2D eigenvalue weighted by Gasteiger charge is 2.28. The van der Waals surface area contributed by atoms with E-state index in [9.17, 15) is 23.4 Å². The summed E-state index contributed by atoms with van der Waals surface area (Å²) < 4.78 is 28.0. The van der Waals surface area contributed by atoms with Crippen LogP contribution in [-0.4, -0.2) is 35.7 Å². The van der Waals surface area contributed by atoms with Crippen molar-refractivity contribution in [2.45, 2.75) is 49.5 Å². The number of benzene rings is 2. The van der Waals surface area contributed by atoms with Crippen LogP contribution < -0.4 is 4.72 Å². The Morgan fingerprint density at radius 3 is 2.29 bits per heavy atom. The average molecular weight is 405 g/mol. The summed E-state index contributed by atoms with van der Waals surface area (Å²) in [5, 5.41) is 28.5. The normalized spacial score (nSPS) is 20.0. The van der Waals surface area contributed by atoms with Crippen LogP contribution in [0.3, 0.4) is 0 Å². The molecule has 0 aromatic heterocycles. The predicted molar refractivity (Wildman–Crippen MR) is 103 cm³/mol. The van der Waals surface area contributed by atoms with Crippen molar-refractivity contribution in [2.75, 3.05) is 0 Å². The average Bonchev–Trinajstić information content (AvgIpc) is 2.62. The summed E-state index contributed by atoms with van der Waals surface area (Å²) in [4.78, 5) is 11.1. The van der Waals surface area contributed by atoms with Crippen LogP contribution in [0.15, 0.2) is 41.3 Å². The number of aromatic carboxylic acids is 1. The van der Waals surface area contributed by atoms with Crippen LogP contribution in [-0.2, 0) is 10.0 Å². The molecule has 1 aliphatic carbocycles. The van der Waals surface area contributed by atoms with Crippen LogP contribution in [0, 0.1) is 6.92 Å². The van der Waals surface area contributed by atoms with E-state index in [0.717, 1.165) is 5.56 Å². The number of hydrogen-bond donors (Lipinski definition) is 4. The smallest absolute Gasteiger partial charge is 0.335 e. The van der Waals surface area contributed by atoms with Gasteiger partial charge in [-0.1, -0.05) is 6.07 Å². The van der Waals surface area contributed by atoms with Gasteiger partial charge < -0.3 is 15.3 Å². The summed E-state index contributed by atoms with van der Waals surface area (Å²) in [5.74, 6) is -0.923. The molecule has 4 N–H and O–H groups in total. The molecule has 0 atom stereocenters.